The number of carbonyl (C=O) groups is 4. The molecule has 0 saturated carbocycles. The molecular formula is C23H25N3O5. The molecule has 2 aromatic carbocycles. The summed E-state index contributed by atoms with van der Waals surface area (Å²) < 4.78 is 5.40. The Morgan fingerprint density at radius 1 is 1.06 bits per heavy atom. The second-order valence-corrected chi connectivity index (χ2v) is 7.83. The van der Waals surface area contributed by atoms with Crippen LogP contribution in [0.1, 0.15) is 29.7 Å². The number of benzene rings is 2. The fourth-order valence-corrected chi connectivity index (χ4v) is 3.34. The quantitative estimate of drug-likeness (QED) is 0.567. The van der Waals surface area contributed by atoms with Crippen LogP contribution in [-0.2, 0) is 24.7 Å². The van der Waals surface area contributed by atoms with Crippen LogP contribution in [0.3, 0.4) is 0 Å². The van der Waals surface area contributed by atoms with Gasteiger partial charge in [0.05, 0.1) is 0 Å². The minimum atomic E-state index is -1.29. The molecule has 4 amide bonds. The van der Waals surface area contributed by atoms with E-state index in [2.05, 4.69) is 5.32 Å². The number of hydrogen-bond donors (Lipinski definition) is 1. The Kier molecular flexibility index (Phi) is 6.10. The molecule has 1 saturated heterocycles. The van der Waals surface area contributed by atoms with E-state index in [-0.39, 0.29) is 0 Å². The summed E-state index contributed by atoms with van der Waals surface area (Å²) in [5, 5.41) is 2.65. The van der Waals surface area contributed by atoms with Crippen LogP contribution in [0.4, 0.5) is 4.79 Å². The van der Waals surface area contributed by atoms with Crippen molar-refractivity contribution >= 4 is 23.8 Å². The second kappa shape index (κ2) is 8.59. The first-order chi connectivity index (χ1) is 14.6. The lowest BCUT2D eigenvalue weighted by Gasteiger charge is -2.23. The summed E-state index contributed by atoms with van der Waals surface area (Å²) in [4.78, 5) is 52.8. The highest BCUT2D eigenvalue weighted by atomic mass is 16.5. The third-order valence-corrected chi connectivity index (χ3v) is 5.21. The molecule has 162 valence electrons. The van der Waals surface area contributed by atoms with Crippen molar-refractivity contribution < 1.29 is 23.9 Å². The van der Waals surface area contributed by atoms with Gasteiger partial charge in [0.15, 0.2) is 0 Å². The van der Waals surface area contributed by atoms with Crippen LogP contribution in [0.25, 0.3) is 0 Å². The van der Waals surface area contributed by atoms with Crippen molar-refractivity contribution in [3.63, 3.8) is 0 Å². The van der Waals surface area contributed by atoms with Gasteiger partial charge in [-0.25, -0.2) is 4.79 Å². The number of carbonyl (C=O) groups excluding carboxylic acids is 4. The maximum absolute atomic E-state index is 13.0. The number of esters is 1. The molecule has 0 spiro atoms. The largest absolute Gasteiger partial charge is 0.446 e. The van der Waals surface area contributed by atoms with Gasteiger partial charge in [0, 0.05) is 19.7 Å². The van der Waals surface area contributed by atoms with Gasteiger partial charge in [-0.1, -0.05) is 60.2 Å². The van der Waals surface area contributed by atoms with Crippen LogP contribution in [0, 0.1) is 6.92 Å². The Morgan fingerprint density at radius 3 is 2.26 bits per heavy atom. The first-order valence-electron chi connectivity index (χ1n) is 9.80. The highest BCUT2D eigenvalue weighted by Gasteiger charge is 2.49. The molecule has 1 heterocycles. The van der Waals surface area contributed by atoms with E-state index in [1.807, 2.05) is 19.1 Å². The third-order valence-electron chi connectivity index (χ3n) is 5.21. The van der Waals surface area contributed by atoms with E-state index >= 15 is 0 Å². The van der Waals surface area contributed by atoms with Gasteiger partial charge in [-0.15, -0.1) is 0 Å². The monoisotopic (exact) mass is 423 g/mol. The number of ether oxygens (including phenoxy) is 1. The molecule has 1 aliphatic heterocycles. The predicted molar refractivity (Wildman–Crippen MR) is 113 cm³/mol. The summed E-state index contributed by atoms with van der Waals surface area (Å²) in [6.45, 7) is 2.91. The van der Waals surface area contributed by atoms with Gasteiger partial charge in [-0.2, -0.15) is 0 Å². The normalized spacial score (nSPS) is 19.0. The zero-order chi connectivity index (χ0) is 22.8. The number of hydrogen-bond acceptors (Lipinski definition) is 5. The Bertz CT molecular complexity index is 1000. The number of rotatable bonds is 6. The molecule has 1 aliphatic rings. The molecule has 0 unspecified atom stereocenters. The lowest BCUT2D eigenvalue weighted by molar-refractivity contribution is -0.161. The van der Waals surface area contributed by atoms with Crippen molar-refractivity contribution in [3.8, 4) is 0 Å². The number of aryl methyl sites for hydroxylation is 1. The van der Waals surface area contributed by atoms with Crippen molar-refractivity contribution in [1.29, 1.82) is 0 Å². The molecule has 1 N–H and O–H groups in total. The van der Waals surface area contributed by atoms with Crippen LogP contribution in [0.2, 0.25) is 0 Å². The predicted octanol–water partition coefficient (Wildman–Crippen LogP) is 2.13. The second-order valence-electron chi connectivity index (χ2n) is 7.83. The maximum Gasteiger partial charge on any atom is 0.327 e. The summed E-state index contributed by atoms with van der Waals surface area (Å²) >= 11 is 0. The Labute approximate surface area is 180 Å². The molecule has 2 aromatic rings. The van der Waals surface area contributed by atoms with Gasteiger partial charge in [0.2, 0.25) is 6.10 Å². The summed E-state index contributed by atoms with van der Waals surface area (Å²) in [6.07, 6.45) is -1.17. The minimum Gasteiger partial charge on any atom is -0.446 e. The number of nitrogens with zero attached hydrogens (tertiary/aromatic N) is 2. The molecule has 8 heteroatoms. The zero-order valence-corrected chi connectivity index (χ0v) is 17.9. The van der Waals surface area contributed by atoms with Gasteiger partial charge >= 0.3 is 12.0 Å². The molecule has 0 aliphatic carbocycles. The molecule has 0 aromatic heterocycles. The van der Waals surface area contributed by atoms with E-state index in [9.17, 15) is 19.2 Å². The lowest BCUT2D eigenvalue weighted by Crippen LogP contribution is -2.42. The van der Waals surface area contributed by atoms with Gasteiger partial charge in [-0.05, 0) is 19.4 Å². The summed E-state index contributed by atoms with van der Waals surface area (Å²) in [7, 11) is 3.10. The molecule has 3 rings (SSSR count). The van der Waals surface area contributed by atoms with Gasteiger partial charge in [0.1, 0.15) is 12.1 Å². The third kappa shape index (κ3) is 4.42. The van der Waals surface area contributed by atoms with E-state index in [1.165, 1.54) is 4.90 Å². The first kappa shape index (κ1) is 22.0. The Balaban J connectivity index is 1.77. The summed E-state index contributed by atoms with van der Waals surface area (Å²) in [5.41, 5.74) is 0.833. The Hall–Kier alpha value is -3.68. The number of urea groups is 1. The van der Waals surface area contributed by atoms with Crippen LogP contribution in [-0.4, -0.2) is 54.3 Å². The molecular weight excluding hydrogens is 398 g/mol. The molecule has 8 nitrogen and oxygen atoms in total. The number of amides is 4. The van der Waals surface area contributed by atoms with Gasteiger partial charge in [0.25, 0.3) is 11.8 Å². The maximum atomic E-state index is 13.0. The molecule has 31 heavy (non-hydrogen) atoms. The highest BCUT2D eigenvalue weighted by molar-refractivity contribution is 6.08. The first-order valence-corrected chi connectivity index (χ1v) is 9.80. The Morgan fingerprint density at radius 2 is 1.68 bits per heavy atom. The van der Waals surface area contributed by atoms with E-state index in [4.69, 9.17) is 4.74 Å². The average molecular weight is 423 g/mol. The topological polar surface area (TPSA) is 96.0 Å². The fraction of sp³-hybridized carbons (Fsp3) is 0.304. The van der Waals surface area contributed by atoms with E-state index in [1.54, 1.807) is 63.5 Å². The molecule has 0 bridgehead atoms. The number of imide groups is 1. The van der Waals surface area contributed by atoms with E-state index < -0.39 is 42.0 Å². The van der Waals surface area contributed by atoms with Crippen molar-refractivity contribution in [3.05, 3.63) is 71.3 Å². The van der Waals surface area contributed by atoms with Crippen molar-refractivity contribution in [2.45, 2.75) is 25.5 Å². The fourth-order valence-electron chi connectivity index (χ4n) is 3.34. The van der Waals surface area contributed by atoms with Crippen molar-refractivity contribution in [1.82, 2.24) is 15.1 Å². The van der Waals surface area contributed by atoms with Gasteiger partial charge in [-0.3, -0.25) is 19.3 Å². The van der Waals surface area contributed by atoms with E-state index in [0.717, 1.165) is 10.5 Å². The molecule has 0 radical (unpaired) electrons. The van der Waals surface area contributed by atoms with Crippen LogP contribution in [0.15, 0.2) is 54.6 Å². The molecule has 2 atom stereocenters. The van der Waals surface area contributed by atoms with Gasteiger partial charge < -0.3 is 15.0 Å². The summed E-state index contributed by atoms with van der Waals surface area (Å²) in [6, 6.07) is 15.1. The highest BCUT2D eigenvalue weighted by Crippen LogP contribution is 2.29. The van der Waals surface area contributed by atoms with Crippen molar-refractivity contribution in [2.75, 3.05) is 20.6 Å². The number of nitrogens with one attached hydrogen (secondary N) is 1. The van der Waals surface area contributed by atoms with Crippen LogP contribution >= 0.6 is 0 Å². The van der Waals surface area contributed by atoms with Crippen LogP contribution in [0.5, 0.6) is 0 Å². The standard InChI is InChI=1S/C23H25N3O5/c1-15-10-12-17(13-11-15)23(2)21(29)26(22(30)24-23)14-18(27)31-19(20(28)25(3)4)16-8-6-5-7-9-16/h5-13,19H,14H2,1-4H3,(H,24,30)/t19-,23-/m0/s1. The van der Waals surface area contributed by atoms with Crippen molar-refractivity contribution in [2.24, 2.45) is 0 Å². The lowest BCUT2D eigenvalue weighted by atomic mass is 9.91. The zero-order valence-electron chi connectivity index (χ0n) is 17.9. The van der Waals surface area contributed by atoms with Crippen LogP contribution < -0.4 is 5.32 Å². The smallest absolute Gasteiger partial charge is 0.327 e. The SMILES string of the molecule is Cc1ccc([C@]2(C)NC(=O)N(CC(=O)O[C@H](C(=O)N(C)C)c3ccccc3)C2=O)cc1. The minimum absolute atomic E-state index is 0.429. The molecule has 1 fully saturated rings. The number of likely N-dealkylation sites (N-methyl/N-ethyl adjacent to an activating group) is 1. The average Bonchev–Trinajstić information content (AvgIpc) is 2.96. The van der Waals surface area contributed by atoms with E-state index in [0.29, 0.717) is 11.1 Å². The summed E-state index contributed by atoms with van der Waals surface area (Å²) in [5.74, 6) is -1.85.